The molecule has 1 atom stereocenters. The Labute approximate surface area is 195 Å². The van der Waals surface area contributed by atoms with Crippen LogP contribution in [0.25, 0.3) is 0 Å². The smallest absolute Gasteiger partial charge is 0.413 e. The number of rotatable bonds is 6. The van der Waals surface area contributed by atoms with E-state index in [1.54, 1.807) is 53.4 Å². The molecule has 8 nitrogen and oxygen atoms in total. The number of sulfonamides is 1. The molecule has 0 unspecified atom stereocenters. The fourth-order valence-electron chi connectivity index (χ4n) is 3.43. The largest absolute Gasteiger partial charge is 0.491 e. The maximum atomic E-state index is 12.7. The Kier molecular flexibility index (Phi) is 6.95. The summed E-state index contributed by atoms with van der Waals surface area (Å²) in [6, 6.07) is 12.9. The molecule has 1 aliphatic rings. The summed E-state index contributed by atoms with van der Waals surface area (Å²) in [6.07, 6.45) is -0.459. The van der Waals surface area contributed by atoms with Crippen LogP contribution in [0.1, 0.15) is 40.2 Å². The molecule has 1 heterocycles. The number of aryl methyl sites for hydroxylation is 1. The predicted octanol–water partition coefficient (Wildman–Crippen LogP) is 4.55. The number of anilines is 1. The third kappa shape index (κ3) is 6.39. The monoisotopic (exact) mass is 476 g/mol. The Hall–Kier alpha value is -2.78. The summed E-state index contributed by atoms with van der Waals surface area (Å²) in [7, 11) is -3.68. The minimum absolute atomic E-state index is 0.194. The summed E-state index contributed by atoms with van der Waals surface area (Å²) in [5.74, 6) is 0.544. The van der Waals surface area contributed by atoms with E-state index in [1.165, 1.54) is 0 Å². The first-order valence-electron chi connectivity index (χ1n) is 10.8. The minimum atomic E-state index is -3.68. The predicted molar refractivity (Wildman–Crippen MR) is 126 cm³/mol. The zero-order valence-corrected chi connectivity index (χ0v) is 20.7. The number of amides is 1. The van der Waals surface area contributed by atoms with Crippen molar-refractivity contribution < 1.29 is 27.4 Å². The van der Waals surface area contributed by atoms with Crippen LogP contribution in [0, 0.1) is 6.92 Å². The van der Waals surface area contributed by atoms with Gasteiger partial charge >= 0.3 is 6.09 Å². The molecule has 0 aliphatic carbocycles. The van der Waals surface area contributed by atoms with Crippen LogP contribution >= 0.6 is 0 Å². The van der Waals surface area contributed by atoms with Gasteiger partial charge in [-0.05, 0) is 77.9 Å². The SMILES string of the molecule is Cc1ccc(S(=O)(=O)Nc2ccc(OC[C@H]3COC(C)(C)N3C(=O)OC(C)(C)C)cc2)cc1. The maximum Gasteiger partial charge on any atom is 0.413 e. The van der Waals surface area contributed by atoms with Crippen molar-refractivity contribution in [2.24, 2.45) is 0 Å². The van der Waals surface area contributed by atoms with Crippen molar-refractivity contribution in [2.45, 2.75) is 63.8 Å². The number of hydrogen-bond acceptors (Lipinski definition) is 6. The Balaban J connectivity index is 1.63. The highest BCUT2D eigenvalue weighted by atomic mass is 32.2. The molecule has 1 aliphatic heterocycles. The second-order valence-electron chi connectivity index (χ2n) is 9.52. The second-order valence-corrected chi connectivity index (χ2v) is 11.2. The average molecular weight is 477 g/mol. The lowest BCUT2D eigenvalue weighted by molar-refractivity contribution is -0.0637. The lowest BCUT2D eigenvalue weighted by atomic mass is 10.2. The van der Waals surface area contributed by atoms with Gasteiger partial charge in [0.25, 0.3) is 10.0 Å². The van der Waals surface area contributed by atoms with Crippen LogP contribution in [0.15, 0.2) is 53.4 Å². The van der Waals surface area contributed by atoms with Crippen LogP contribution in [-0.4, -0.2) is 50.0 Å². The molecule has 33 heavy (non-hydrogen) atoms. The van der Waals surface area contributed by atoms with E-state index in [0.717, 1.165) is 5.56 Å². The number of nitrogens with one attached hydrogen (secondary N) is 1. The van der Waals surface area contributed by atoms with E-state index in [0.29, 0.717) is 18.0 Å². The van der Waals surface area contributed by atoms with Gasteiger partial charge in [0.15, 0.2) is 0 Å². The molecular formula is C24H32N2O6S. The average Bonchev–Trinajstić information content (AvgIpc) is 3.00. The van der Waals surface area contributed by atoms with Gasteiger partial charge < -0.3 is 14.2 Å². The summed E-state index contributed by atoms with van der Waals surface area (Å²) in [5.41, 5.74) is -0.0300. The Bertz CT molecular complexity index is 1070. The normalized spacial score (nSPS) is 18.1. The molecular weight excluding hydrogens is 444 g/mol. The number of nitrogens with zero attached hydrogens (tertiary/aromatic N) is 1. The van der Waals surface area contributed by atoms with Gasteiger partial charge in [-0.25, -0.2) is 13.2 Å². The molecule has 1 saturated heterocycles. The fourth-order valence-corrected chi connectivity index (χ4v) is 4.49. The molecule has 180 valence electrons. The van der Waals surface area contributed by atoms with Crippen molar-refractivity contribution in [3.63, 3.8) is 0 Å². The molecule has 0 saturated carbocycles. The topological polar surface area (TPSA) is 94.2 Å². The molecule has 1 fully saturated rings. The van der Waals surface area contributed by atoms with Crippen molar-refractivity contribution in [1.82, 2.24) is 4.90 Å². The number of benzene rings is 2. The quantitative estimate of drug-likeness (QED) is 0.658. The lowest BCUT2D eigenvalue weighted by Crippen LogP contribution is -2.51. The minimum Gasteiger partial charge on any atom is -0.491 e. The molecule has 0 aromatic heterocycles. The summed E-state index contributed by atoms with van der Waals surface area (Å²) in [4.78, 5) is 14.5. The first-order valence-corrected chi connectivity index (χ1v) is 12.2. The van der Waals surface area contributed by atoms with Crippen LogP contribution in [0.4, 0.5) is 10.5 Å². The molecule has 0 radical (unpaired) electrons. The molecule has 1 N–H and O–H groups in total. The van der Waals surface area contributed by atoms with Gasteiger partial charge in [0.05, 0.1) is 17.5 Å². The van der Waals surface area contributed by atoms with E-state index >= 15 is 0 Å². The van der Waals surface area contributed by atoms with Crippen LogP contribution in [0.3, 0.4) is 0 Å². The van der Waals surface area contributed by atoms with Crippen LogP contribution in [0.2, 0.25) is 0 Å². The molecule has 2 aromatic rings. The Morgan fingerprint density at radius 2 is 1.73 bits per heavy atom. The molecule has 1 amide bonds. The van der Waals surface area contributed by atoms with Gasteiger partial charge in [0.2, 0.25) is 0 Å². The second kappa shape index (κ2) is 9.23. The molecule has 9 heteroatoms. The lowest BCUT2D eigenvalue weighted by Gasteiger charge is -2.35. The molecule has 2 aromatic carbocycles. The van der Waals surface area contributed by atoms with Crippen LogP contribution in [-0.2, 0) is 19.5 Å². The van der Waals surface area contributed by atoms with Gasteiger partial charge in [-0.3, -0.25) is 9.62 Å². The first-order chi connectivity index (χ1) is 15.3. The summed E-state index contributed by atoms with van der Waals surface area (Å²) >= 11 is 0. The van der Waals surface area contributed by atoms with Gasteiger partial charge in [-0.2, -0.15) is 0 Å². The zero-order valence-electron chi connectivity index (χ0n) is 19.9. The number of ether oxygens (including phenoxy) is 3. The fraction of sp³-hybridized carbons (Fsp3) is 0.458. The van der Waals surface area contributed by atoms with Crippen molar-refractivity contribution in [2.75, 3.05) is 17.9 Å². The highest BCUT2D eigenvalue weighted by Gasteiger charge is 2.46. The summed E-state index contributed by atoms with van der Waals surface area (Å²) in [5, 5.41) is 0. The van der Waals surface area contributed by atoms with Crippen molar-refractivity contribution in [3.8, 4) is 5.75 Å². The highest BCUT2D eigenvalue weighted by molar-refractivity contribution is 7.92. The van der Waals surface area contributed by atoms with Gasteiger partial charge in [0.1, 0.15) is 23.7 Å². The summed E-state index contributed by atoms with van der Waals surface area (Å²) in [6.45, 7) is 11.5. The summed E-state index contributed by atoms with van der Waals surface area (Å²) < 4.78 is 44.8. The van der Waals surface area contributed by atoms with Crippen LogP contribution in [0.5, 0.6) is 5.75 Å². The van der Waals surface area contributed by atoms with Crippen molar-refractivity contribution in [1.29, 1.82) is 0 Å². The van der Waals surface area contributed by atoms with Crippen molar-refractivity contribution in [3.05, 3.63) is 54.1 Å². The Morgan fingerprint density at radius 1 is 1.12 bits per heavy atom. The number of carbonyl (C=O) groups is 1. The van der Waals surface area contributed by atoms with Gasteiger partial charge in [0, 0.05) is 5.69 Å². The number of carbonyl (C=O) groups excluding carboxylic acids is 1. The van der Waals surface area contributed by atoms with E-state index in [-0.39, 0.29) is 17.5 Å². The molecule has 3 rings (SSSR count). The maximum absolute atomic E-state index is 12.7. The highest BCUT2D eigenvalue weighted by Crippen LogP contribution is 2.30. The molecule has 0 bridgehead atoms. The van der Waals surface area contributed by atoms with E-state index in [4.69, 9.17) is 14.2 Å². The standard InChI is InChI=1S/C24H32N2O6S/c1-17-7-13-21(14-8-17)33(28,29)25-18-9-11-20(12-10-18)30-15-19-16-31-24(5,6)26(19)22(27)32-23(2,3)4/h7-14,19,25H,15-16H2,1-6H3/t19-/m0/s1. The first kappa shape index (κ1) is 24.9. The third-order valence-corrected chi connectivity index (χ3v) is 6.44. The van der Waals surface area contributed by atoms with E-state index < -0.39 is 27.4 Å². The van der Waals surface area contributed by atoms with Crippen molar-refractivity contribution >= 4 is 21.8 Å². The number of hydrogen-bond donors (Lipinski definition) is 1. The van der Waals surface area contributed by atoms with Crippen LogP contribution < -0.4 is 9.46 Å². The van der Waals surface area contributed by atoms with Gasteiger partial charge in [-0.1, -0.05) is 17.7 Å². The van der Waals surface area contributed by atoms with E-state index in [2.05, 4.69) is 4.72 Å². The zero-order chi connectivity index (χ0) is 24.4. The molecule has 0 spiro atoms. The van der Waals surface area contributed by atoms with E-state index in [9.17, 15) is 13.2 Å². The third-order valence-electron chi connectivity index (χ3n) is 5.04. The van der Waals surface area contributed by atoms with Gasteiger partial charge in [-0.15, -0.1) is 0 Å². The van der Waals surface area contributed by atoms with E-state index in [1.807, 2.05) is 41.5 Å². The Morgan fingerprint density at radius 3 is 2.30 bits per heavy atom.